The number of nitrogens with one attached hydrogen (secondary N) is 1. The molecule has 1 aromatic carbocycles. The van der Waals surface area contributed by atoms with Crippen molar-refractivity contribution in [2.45, 2.75) is 6.10 Å². The summed E-state index contributed by atoms with van der Waals surface area (Å²) in [5, 5.41) is 4.26. The maximum atomic E-state index is 5.77. The third-order valence-corrected chi connectivity index (χ3v) is 2.48. The Morgan fingerprint density at radius 1 is 1.27 bits per heavy atom. The van der Waals surface area contributed by atoms with Crippen LogP contribution in [0.3, 0.4) is 0 Å². The van der Waals surface area contributed by atoms with Crippen molar-refractivity contribution in [3.63, 3.8) is 0 Å². The second-order valence-corrected chi connectivity index (χ2v) is 3.49. The quantitative estimate of drug-likeness (QED) is 0.851. The van der Waals surface area contributed by atoms with E-state index in [1.807, 2.05) is 24.3 Å². The number of furan rings is 1. The molecule has 15 heavy (non-hydrogen) atoms. The van der Waals surface area contributed by atoms with Gasteiger partial charge in [0.2, 0.25) is 0 Å². The van der Waals surface area contributed by atoms with Crippen LogP contribution in [-0.2, 0) is 0 Å². The Bertz CT molecular complexity index is 451. The zero-order valence-corrected chi connectivity index (χ0v) is 8.92. The Morgan fingerprint density at radius 3 is 2.87 bits per heavy atom. The first-order chi connectivity index (χ1) is 6.93. The molecule has 3 rings (SSSR count). The number of para-hydroxylation sites is 1. The van der Waals surface area contributed by atoms with Crippen molar-refractivity contribution >= 4 is 23.4 Å². The zero-order chi connectivity index (χ0) is 9.38. The average Bonchev–Trinajstić information content (AvgIpc) is 2.59. The Labute approximate surface area is 93.8 Å². The van der Waals surface area contributed by atoms with Gasteiger partial charge in [0.1, 0.15) is 6.10 Å². The molecule has 0 aliphatic carbocycles. The fraction of sp³-hybridized carbons (Fsp3) is 0.273. The summed E-state index contributed by atoms with van der Waals surface area (Å²) < 4.78 is 11.1. The summed E-state index contributed by atoms with van der Waals surface area (Å²) >= 11 is 0. The molecule has 1 saturated heterocycles. The maximum absolute atomic E-state index is 5.77. The van der Waals surface area contributed by atoms with Crippen LogP contribution in [0.1, 0.15) is 0 Å². The molecule has 0 amide bonds. The number of ether oxygens (including phenoxy) is 1. The predicted octanol–water partition coefficient (Wildman–Crippen LogP) is 2.21. The van der Waals surface area contributed by atoms with E-state index in [1.165, 1.54) is 0 Å². The largest absolute Gasteiger partial charge is 0.484 e. The van der Waals surface area contributed by atoms with E-state index < -0.39 is 0 Å². The minimum absolute atomic E-state index is 0. The van der Waals surface area contributed by atoms with Crippen molar-refractivity contribution < 1.29 is 9.15 Å². The molecular formula is C11H12ClNO2. The van der Waals surface area contributed by atoms with E-state index in [-0.39, 0.29) is 12.4 Å². The number of hydrogen-bond acceptors (Lipinski definition) is 3. The summed E-state index contributed by atoms with van der Waals surface area (Å²) in [5.41, 5.74) is 0.847. The van der Waals surface area contributed by atoms with Crippen molar-refractivity contribution in [2.24, 2.45) is 0 Å². The van der Waals surface area contributed by atoms with Gasteiger partial charge in [-0.3, -0.25) is 0 Å². The minimum atomic E-state index is 0. The van der Waals surface area contributed by atoms with E-state index in [2.05, 4.69) is 5.32 Å². The number of rotatable bonds is 2. The van der Waals surface area contributed by atoms with E-state index in [1.54, 1.807) is 6.26 Å². The highest BCUT2D eigenvalue weighted by atomic mass is 35.5. The Hall–Kier alpha value is -1.19. The van der Waals surface area contributed by atoms with Gasteiger partial charge in [-0.2, -0.15) is 0 Å². The molecule has 1 fully saturated rings. The van der Waals surface area contributed by atoms with Gasteiger partial charge >= 0.3 is 0 Å². The second kappa shape index (κ2) is 4.13. The Balaban J connectivity index is 0.000000853. The van der Waals surface area contributed by atoms with Crippen LogP contribution in [0.15, 0.2) is 34.9 Å². The first kappa shape index (κ1) is 10.3. The maximum Gasteiger partial charge on any atom is 0.175 e. The standard InChI is InChI=1S/C11H11NO2.ClH/c1-2-8-4-5-13-11(8)10(3-1)14-9-6-12-7-9;/h1-5,9,12H,6-7H2;1H. The summed E-state index contributed by atoms with van der Waals surface area (Å²) in [6.07, 6.45) is 1.99. The molecule has 1 aliphatic rings. The first-order valence-corrected chi connectivity index (χ1v) is 4.77. The lowest BCUT2D eigenvalue weighted by Gasteiger charge is -2.27. The van der Waals surface area contributed by atoms with Gasteiger partial charge in [-0.05, 0) is 12.1 Å². The molecule has 2 heterocycles. The van der Waals surface area contributed by atoms with Gasteiger partial charge in [0, 0.05) is 18.5 Å². The molecule has 80 valence electrons. The first-order valence-electron chi connectivity index (χ1n) is 4.77. The van der Waals surface area contributed by atoms with Gasteiger partial charge in [-0.15, -0.1) is 12.4 Å². The van der Waals surface area contributed by atoms with E-state index in [0.717, 1.165) is 29.8 Å². The van der Waals surface area contributed by atoms with Crippen molar-refractivity contribution in [1.29, 1.82) is 0 Å². The van der Waals surface area contributed by atoms with Gasteiger partial charge < -0.3 is 14.5 Å². The lowest BCUT2D eigenvalue weighted by atomic mass is 10.2. The summed E-state index contributed by atoms with van der Waals surface area (Å²) in [6, 6.07) is 7.90. The summed E-state index contributed by atoms with van der Waals surface area (Å²) in [7, 11) is 0. The Kier molecular flexibility index (Phi) is 2.84. The zero-order valence-electron chi connectivity index (χ0n) is 8.10. The van der Waals surface area contributed by atoms with Crippen LogP contribution in [-0.4, -0.2) is 19.2 Å². The van der Waals surface area contributed by atoms with E-state index in [4.69, 9.17) is 9.15 Å². The number of hydrogen-bond donors (Lipinski definition) is 1. The topological polar surface area (TPSA) is 34.4 Å². The monoisotopic (exact) mass is 225 g/mol. The van der Waals surface area contributed by atoms with Gasteiger partial charge in [0.25, 0.3) is 0 Å². The van der Waals surface area contributed by atoms with E-state index >= 15 is 0 Å². The summed E-state index contributed by atoms with van der Waals surface area (Å²) in [6.45, 7) is 1.86. The van der Waals surface area contributed by atoms with Crippen LogP contribution in [0, 0.1) is 0 Å². The molecule has 0 spiro atoms. The molecule has 0 atom stereocenters. The highest BCUT2D eigenvalue weighted by Crippen LogP contribution is 2.27. The highest BCUT2D eigenvalue weighted by molar-refractivity contribution is 5.85. The summed E-state index contributed by atoms with van der Waals surface area (Å²) in [4.78, 5) is 0. The van der Waals surface area contributed by atoms with E-state index in [9.17, 15) is 0 Å². The molecule has 0 bridgehead atoms. The van der Waals surface area contributed by atoms with Crippen molar-refractivity contribution in [3.05, 3.63) is 30.5 Å². The van der Waals surface area contributed by atoms with Gasteiger partial charge in [0.05, 0.1) is 6.26 Å². The van der Waals surface area contributed by atoms with Gasteiger partial charge in [-0.25, -0.2) is 0 Å². The van der Waals surface area contributed by atoms with Gasteiger partial charge in [0.15, 0.2) is 11.3 Å². The predicted molar refractivity (Wildman–Crippen MR) is 60.7 cm³/mol. The second-order valence-electron chi connectivity index (χ2n) is 3.49. The lowest BCUT2D eigenvalue weighted by molar-refractivity contribution is 0.142. The molecular weight excluding hydrogens is 214 g/mol. The normalized spacial score (nSPS) is 15.7. The summed E-state index contributed by atoms with van der Waals surface area (Å²) in [5.74, 6) is 0.846. The third-order valence-electron chi connectivity index (χ3n) is 2.48. The lowest BCUT2D eigenvalue weighted by Crippen LogP contribution is -2.50. The van der Waals surface area contributed by atoms with Crippen LogP contribution in [0.4, 0.5) is 0 Å². The van der Waals surface area contributed by atoms with Crippen LogP contribution >= 0.6 is 12.4 Å². The van der Waals surface area contributed by atoms with Crippen molar-refractivity contribution in [1.82, 2.24) is 5.32 Å². The average molecular weight is 226 g/mol. The van der Waals surface area contributed by atoms with Crippen LogP contribution < -0.4 is 10.1 Å². The van der Waals surface area contributed by atoms with Gasteiger partial charge in [-0.1, -0.05) is 12.1 Å². The molecule has 0 saturated carbocycles. The molecule has 4 heteroatoms. The number of benzene rings is 1. The molecule has 1 aromatic heterocycles. The molecule has 1 N–H and O–H groups in total. The number of halogens is 1. The number of fused-ring (bicyclic) bond motifs is 1. The molecule has 3 nitrogen and oxygen atoms in total. The Morgan fingerprint density at radius 2 is 2.13 bits per heavy atom. The highest BCUT2D eigenvalue weighted by Gasteiger charge is 2.19. The molecule has 0 radical (unpaired) electrons. The fourth-order valence-electron chi connectivity index (χ4n) is 1.58. The molecule has 0 unspecified atom stereocenters. The minimum Gasteiger partial charge on any atom is -0.484 e. The van der Waals surface area contributed by atoms with Crippen LogP contribution in [0.5, 0.6) is 5.75 Å². The van der Waals surface area contributed by atoms with Crippen LogP contribution in [0.25, 0.3) is 11.0 Å². The third kappa shape index (κ3) is 1.80. The fourth-order valence-corrected chi connectivity index (χ4v) is 1.58. The van der Waals surface area contributed by atoms with Crippen molar-refractivity contribution in [3.8, 4) is 5.75 Å². The van der Waals surface area contributed by atoms with E-state index in [0.29, 0.717) is 6.10 Å². The SMILES string of the molecule is Cl.c1cc(OC2CNC2)c2occc2c1. The van der Waals surface area contributed by atoms with Crippen molar-refractivity contribution in [2.75, 3.05) is 13.1 Å². The molecule has 2 aromatic rings. The molecule has 1 aliphatic heterocycles. The van der Waals surface area contributed by atoms with Crippen LogP contribution in [0.2, 0.25) is 0 Å². The smallest absolute Gasteiger partial charge is 0.175 e.